The first kappa shape index (κ1) is 15.9. The van der Waals surface area contributed by atoms with Crippen LogP contribution >= 0.6 is 0 Å². The SMILES string of the molecule is CCC(CCc1ccccn1)(C(=O)O)C(=O)c1ccccc1. The molecule has 1 aromatic heterocycles. The number of nitrogens with zero attached hydrogens (tertiary/aromatic N) is 1. The minimum absolute atomic E-state index is 0.240. The van der Waals surface area contributed by atoms with Crippen molar-refractivity contribution in [2.75, 3.05) is 0 Å². The van der Waals surface area contributed by atoms with Gasteiger partial charge in [0.1, 0.15) is 5.41 Å². The van der Waals surface area contributed by atoms with Crippen molar-refractivity contribution < 1.29 is 14.7 Å². The summed E-state index contributed by atoms with van der Waals surface area (Å²) in [6.07, 6.45) is 2.62. The first-order chi connectivity index (χ1) is 10.6. The van der Waals surface area contributed by atoms with Gasteiger partial charge in [0, 0.05) is 17.5 Å². The third-order valence-electron chi connectivity index (χ3n) is 4.02. The van der Waals surface area contributed by atoms with Crippen LogP contribution in [0.15, 0.2) is 54.7 Å². The summed E-state index contributed by atoms with van der Waals surface area (Å²) in [4.78, 5) is 28.8. The first-order valence-electron chi connectivity index (χ1n) is 7.33. The van der Waals surface area contributed by atoms with Crippen molar-refractivity contribution in [1.82, 2.24) is 4.98 Å². The van der Waals surface area contributed by atoms with Gasteiger partial charge >= 0.3 is 5.97 Å². The number of carbonyl (C=O) groups excluding carboxylic acids is 1. The Morgan fingerprint density at radius 3 is 2.32 bits per heavy atom. The number of hydrogen-bond donors (Lipinski definition) is 1. The molecule has 0 spiro atoms. The summed E-state index contributed by atoms with van der Waals surface area (Å²) < 4.78 is 0. The average Bonchev–Trinajstić information content (AvgIpc) is 2.57. The second kappa shape index (κ2) is 6.98. The van der Waals surface area contributed by atoms with Crippen molar-refractivity contribution in [2.24, 2.45) is 5.41 Å². The molecule has 0 radical (unpaired) electrons. The quantitative estimate of drug-likeness (QED) is 0.628. The summed E-state index contributed by atoms with van der Waals surface area (Å²) >= 11 is 0. The van der Waals surface area contributed by atoms with E-state index in [-0.39, 0.29) is 18.6 Å². The molecule has 1 aromatic carbocycles. The Bertz CT molecular complexity index is 640. The van der Waals surface area contributed by atoms with Gasteiger partial charge in [0.05, 0.1) is 0 Å². The maximum atomic E-state index is 12.8. The number of carboxylic acids is 1. The lowest BCUT2D eigenvalue weighted by Crippen LogP contribution is -2.39. The fraction of sp³-hybridized carbons (Fsp3) is 0.278. The Kier molecular flexibility index (Phi) is 5.04. The zero-order valence-electron chi connectivity index (χ0n) is 12.5. The van der Waals surface area contributed by atoms with Gasteiger partial charge in [-0.2, -0.15) is 0 Å². The molecule has 2 aromatic rings. The van der Waals surface area contributed by atoms with Crippen LogP contribution in [0.5, 0.6) is 0 Å². The monoisotopic (exact) mass is 297 g/mol. The number of pyridine rings is 1. The van der Waals surface area contributed by atoms with Crippen molar-refractivity contribution in [2.45, 2.75) is 26.2 Å². The Labute approximate surface area is 129 Å². The summed E-state index contributed by atoms with van der Waals surface area (Å²) in [6.45, 7) is 1.74. The average molecular weight is 297 g/mol. The number of aromatic nitrogens is 1. The van der Waals surface area contributed by atoms with Crippen LogP contribution in [-0.2, 0) is 11.2 Å². The Hall–Kier alpha value is -2.49. The van der Waals surface area contributed by atoms with E-state index in [1.54, 1.807) is 43.5 Å². The van der Waals surface area contributed by atoms with E-state index in [1.165, 1.54) is 0 Å². The number of rotatable bonds is 7. The lowest BCUT2D eigenvalue weighted by Gasteiger charge is -2.26. The minimum Gasteiger partial charge on any atom is -0.480 e. The molecule has 2 rings (SSSR count). The molecule has 1 N–H and O–H groups in total. The maximum Gasteiger partial charge on any atom is 0.317 e. The predicted octanol–water partition coefficient (Wildman–Crippen LogP) is 3.38. The van der Waals surface area contributed by atoms with Crippen LogP contribution < -0.4 is 0 Å². The van der Waals surface area contributed by atoms with Gasteiger partial charge in [-0.1, -0.05) is 43.3 Å². The molecule has 0 aliphatic heterocycles. The molecule has 1 heterocycles. The zero-order valence-corrected chi connectivity index (χ0v) is 12.5. The summed E-state index contributed by atoms with van der Waals surface area (Å²) in [5, 5.41) is 9.69. The van der Waals surface area contributed by atoms with Crippen LogP contribution in [0.3, 0.4) is 0 Å². The highest BCUT2D eigenvalue weighted by atomic mass is 16.4. The molecule has 22 heavy (non-hydrogen) atoms. The summed E-state index contributed by atoms with van der Waals surface area (Å²) in [6, 6.07) is 14.1. The lowest BCUT2D eigenvalue weighted by molar-refractivity contribution is -0.146. The fourth-order valence-electron chi connectivity index (χ4n) is 2.56. The normalized spacial score (nSPS) is 13.3. The molecule has 1 unspecified atom stereocenters. The van der Waals surface area contributed by atoms with E-state index in [0.29, 0.717) is 12.0 Å². The number of hydrogen-bond acceptors (Lipinski definition) is 3. The number of carbonyl (C=O) groups is 2. The maximum absolute atomic E-state index is 12.8. The Balaban J connectivity index is 2.28. The Morgan fingerprint density at radius 1 is 1.09 bits per heavy atom. The molecule has 4 heteroatoms. The van der Waals surface area contributed by atoms with E-state index in [4.69, 9.17) is 0 Å². The van der Waals surface area contributed by atoms with Gasteiger partial charge in [0.15, 0.2) is 5.78 Å². The van der Waals surface area contributed by atoms with Gasteiger partial charge in [-0.05, 0) is 31.4 Å². The van der Waals surface area contributed by atoms with Crippen molar-refractivity contribution in [3.05, 3.63) is 66.0 Å². The molecule has 0 bridgehead atoms. The van der Waals surface area contributed by atoms with Gasteiger partial charge < -0.3 is 5.11 Å². The first-order valence-corrected chi connectivity index (χ1v) is 7.33. The molecule has 0 aliphatic rings. The molecule has 0 fully saturated rings. The van der Waals surface area contributed by atoms with Gasteiger partial charge in [-0.3, -0.25) is 14.6 Å². The van der Waals surface area contributed by atoms with Crippen LogP contribution in [0, 0.1) is 5.41 Å². The van der Waals surface area contributed by atoms with Gasteiger partial charge in [0.25, 0.3) is 0 Å². The smallest absolute Gasteiger partial charge is 0.317 e. The van der Waals surface area contributed by atoms with Crippen LogP contribution in [0.1, 0.15) is 35.8 Å². The second-order valence-corrected chi connectivity index (χ2v) is 5.26. The highest BCUT2D eigenvalue weighted by Gasteiger charge is 2.44. The number of ketones is 1. The van der Waals surface area contributed by atoms with Crippen LogP contribution in [0.4, 0.5) is 0 Å². The summed E-state index contributed by atoms with van der Waals surface area (Å²) in [5.74, 6) is -1.40. The van der Waals surface area contributed by atoms with Gasteiger partial charge in [-0.25, -0.2) is 0 Å². The van der Waals surface area contributed by atoms with Crippen molar-refractivity contribution in [3.63, 3.8) is 0 Å². The van der Waals surface area contributed by atoms with E-state index in [2.05, 4.69) is 4.98 Å². The number of carboxylic acid groups (broad SMARTS) is 1. The zero-order chi connectivity index (χ0) is 16.0. The lowest BCUT2D eigenvalue weighted by atomic mass is 9.74. The van der Waals surface area contributed by atoms with Gasteiger partial charge in [-0.15, -0.1) is 0 Å². The molecule has 1 atom stereocenters. The number of Topliss-reactive ketones (excluding diaryl/α,β-unsaturated/α-hetero) is 1. The molecule has 0 saturated carbocycles. The molecule has 114 valence electrons. The third-order valence-corrected chi connectivity index (χ3v) is 4.02. The van der Waals surface area contributed by atoms with Gasteiger partial charge in [0.2, 0.25) is 0 Å². The highest BCUT2D eigenvalue weighted by Crippen LogP contribution is 2.33. The topological polar surface area (TPSA) is 67.3 Å². The summed E-state index contributed by atoms with van der Waals surface area (Å²) in [5.41, 5.74) is -0.172. The predicted molar refractivity (Wildman–Crippen MR) is 83.7 cm³/mol. The minimum atomic E-state index is -1.40. The third kappa shape index (κ3) is 3.22. The fourth-order valence-corrected chi connectivity index (χ4v) is 2.56. The van der Waals surface area contributed by atoms with E-state index in [9.17, 15) is 14.7 Å². The summed E-state index contributed by atoms with van der Waals surface area (Å²) in [7, 11) is 0. The van der Waals surface area contributed by atoms with Crippen molar-refractivity contribution in [3.8, 4) is 0 Å². The Morgan fingerprint density at radius 2 is 1.77 bits per heavy atom. The number of benzene rings is 1. The molecule has 0 aliphatic carbocycles. The molecular formula is C18H19NO3. The van der Waals surface area contributed by atoms with E-state index in [0.717, 1.165) is 5.69 Å². The molecule has 0 saturated heterocycles. The van der Waals surface area contributed by atoms with E-state index >= 15 is 0 Å². The largest absolute Gasteiger partial charge is 0.480 e. The molecule has 4 nitrogen and oxygen atoms in total. The highest BCUT2D eigenvalue weighted by molar-refractivity contribution is 6.12. The second-order valence-electron chi connectivity index (χ2n) is 5.26. The van der Waals surface area contributed by atoms with Crippen LogP contribution in [0.2, 0.25) is 0 Å². The molecular weight excluding hydrogens is 278 g/mol. The van der Waals surface area contributed by atoms with Crippen molar-refractivity contribution >= 4 is 11.8 Å². The molecule has 0 amide bonds. The van der Waals surface area contributed by atoms with Crippen molar-refractivity contribution in [1.29, 1.82) is 0 Å². The van der Waals surface area contributed by atoms with E-state index in [1.807, 2.05) is 18.2 Å². The van der Waals surface area contributed by atoms with Crippen LogP contribution in [-0.4, -0.2) is 21.8 Å². The number of aliphatic carboxylic acids is 1. The standard InChI is InChI=1S/C18H19NO3/c1-2-18(17(21)22,12-11-15-10-6-7-13-19-15)16(20)14-8-4-3-5-9-14/h3-10,13H,2,11-12H2,1H3,(H,21,22). The number of aryl methyl sites for hydroxylation is 1. The van der Waals surface area contributed by atoms with Crippen LogP contribution in [0.25, 0.3) is 0 Å². The van der Waals surface area contributed by atoms with E-state index < -0.39 is 11.4 Å².